The minimum Gasteiger partial charge on any atom is -0.265 e. The van der Waals surface area contributed by atoms with Crippen LogP contribution in [0, 0.1) is 6.92 Å². The molecular weight excluding hydrogens is 168 g/mol. The number of pyridine rings is 1. The van der Waals surface area contributed by atoms with Crippen molar-refractivity contribution in [3.05, 3.63) is 42.5 Å². The van der Waals surface area contributed by atoms with Gasteiger partial charge in [-0.15, -0.1) is 11.3 Å². The number of thiazole rings is 1. The van der Waals surface area contributed by atoms with E-state index in [1.807, 2.05) is 12.1 Å². The summed E-state index contributed by atoms with van der Waals surface area (Å²) in [6.45, 7) is 3.81. The molecule has 1 radical (unpaired) electrons. The average Bonchev–Trinajstić information content (AvgIpc) is 2.54. The zero-order chi connectivity index (χ0) is 8.39. The van der Waals surface area contributed by atoms with Gasteiger partial charge in [0, 0.05) is 29.0 Å². The van der Waals surface area contributed by atoms with E-state index >= 15 is 0 Å². The van der Waals surface area contributed by atoms with Gasteiger partial charge in [-0.3, -0.25) is 4.98 Å². The van der Waals surface area contributed by atoms with Crippen molar-refractivity contribution in [2.45, 2.75) is 0 Å². The molecular formula is C9H7N2S. The molecule has 0 aromatic carbocycles. The zero-order valence-corrected chi connectivity index (χ0v) is 7.21. The third kappa shape index (κ3) is 1.36. The van der Waals surface area contributed by atoms with Crippen LogP contribution < -0.4 is 0 Å². The predicted octanol–water partition coefficient (Wildman–Crippen LogP) is 2.39. The van der Waals surface area contributed by atoms with Crippen LogP contribution in [0.5, 0.6) is 0 Å². The van der Waals surface area contributed by atoms with Crippen molar-refractivity contribution in [2.24, 2.45) is 0 Å². The van der Waals surface area contributed by atoms with Crippen LogP contribution in [-0.4, -0.2) is 9.97 Å². The topological polar surface area (TPSA) is 25.8 Å². The first-order valence-corrected chi connectivity index (χ1v) is 4.36. The monoisotopic (exact) mass is 175 g/mol. The fourth-order valence-corrected chi connectivity index (χ4v) is 1.65. The van der Waals surface area contributed by atoms with E-state index in [4.69, 9.17) is 0 Å². The molecule has 0 unspecified atom stereocenters. The summed E-state index contributed by atoms with van der Waals surface area (Å²) in [6.07, 6.45) is 5.30. The Morgan fingerprint density at radius 2 is 2.00 bits per heavy atom. The molecule has 0 bridgehead atoms. The fraction of sp³-hybridized carbons (Fsp3) is 0. The van der Waals surface area contributed by atoms with Gasteiger partial charge in [0.25, 0.3) is 0 Å². The Morgan fingerprint density at radius 1 is 1.25 bits per heavy atom. The van der Waals surface area contributed by atoms with E-state index in [1.165, 1.54) is 0 Å². The molecule has 0 saturated carbocycles. The summed E-state index contributed by atoms with van der Waals surface area (Å²) in [5, 5.41) is 1.00. The van der Waals surface area contributed by atoms with E-state index in [2.05, 4.69) is 16.9 Å². The number of hydrogen-bond donors (Lipinski definition) is 0. The number of aromatic nitrogens is 2. The number of rotatable bonds is 1. The van der Waals surface area contributed by atoms with Gasteiger partial charge in [0.05, 0.1) is 0 Å². The van der Waals surface area contributed by atoms with E-state index < -0.39 is 0 Å². The van der Waals surface area contributed by atoms with Gasteiger partial charge in [-0.2, -0.15) is 0 Å². The fourth-order valence-electron chi connectivity index (χ4n) is 0.935. The molecule has 2 heterocycles. The molecule has 2 rings (SSSR count). The van der Waals surface area contributed by atoms with E-state index in [9.17, 15) is 0 Å². The average molecular weight is 175 g/mol. The molecule has 0 N–H and O–H groups in total. The highest BCUT2D eigenvalue weighted by Gasteiger charge is 1.99. The van der Waals surface area contributed by atoms with Crippen molar-refractivity contribution in [2.75, 3.05) is 0 Å². The summed E-state index contributed by atoms with van der Waals surface area (Å²) in [7, 11) is 0. The Morgan fingerprint density at radius 3 is 2.58 bits per heavy atom. The molecule has 59 valence electrons. The van der Waals surface area contributed by atoms with Crippen molar-refractivity contribution in [3.8, 4) is 10.6 Å². The van der Waals surface area contributed by atoms with Crippen LogP contribution in [0.15, 0.2) is 30.7 Å². The quantitative estimate of drug-likeness (QED) is 0.665. The van der Waals surface area contributed by atoms with Gasteiger partial charge in [0.15, 0.2) is 0 Å². The van der Waals surface area contributed by atoms with Crippen LogP contribution in [0.1, 0.15) is 4.88 Å². The van der Waals surface area contributed by atoms with Gasteiger partial charge >= 0.3 is 0 Å². The first kappa shape index (κ1) is 7.43. The Labute approximate surface area is 74.9 Å². The standard InChI is InChI=1S/C9H7N2S/c1-7-6-11-9(12-7)8-2-4-10-5-3-8/h2-6H,1H2. The Balaban J connectivity index is 2.45. The maximum absolute atomic E-state index is 4.21. The highest BCUT2D eigenvalue weighted by atomic mass is 32.1. The minimum atomic E-state index is 0.988. The Bertz CT molecular complexity index is 367. The molecule has 0 saturated heterocycles. The highest BCUT2D eigenvalue weighted by Crippen LogP contribution is 2.23. The summed E-state index contributed by atoms with van der Waals surface area (Å²) in [5.74, 6) is 0. The summed E-state index contributed by atoms with van der Waals surface area (Å²) < 4.78 is 0. The lowest BCUT2D eigenvalue weighted by Crippen LogP contribution is -1.74. The molecule has 2 aromatic rings. The zero-order valence-electron chi connectivity index (χ0n) is 6.40. The van der Waals surface area contributed by atoms with Crippen molar-refractivity contribution in [1.29, 1.82) is 0 Å². The van der Waals surface area contributed by atoms with Crippen LogP contribution in [0.25, 0.3) is 10.6 Å². The maximum Gasteiger partial charge on any atom is 0.123 e. The van der Waals surface area contributed by atoms with Crippen LogP contribution in [0.2, 0.25) is 0 Å². The molecule has 3 heteroatoms. The lowest BCUT2D eigenvalue weighted by atomic mass is 10.3. The summed E-state index contributed by atoms with van der Waals surface area (Å²) in [6, 6.07) is 3.89. The van der Waals surface area contributed by atoms with Gasteiger partial charge in [-0.1, -0.05) is 0 Å². The van der Waals surface area contributed by atoms with Crippen LogP contribution in [-0.2, 0) is 0 Å². The summed E-state index contributed by atoms with van der Waals surface area (Å²) in [5.41, 5.74) is 1.10. The molecule has 2 nitrogen and oxygen atoms in total. The largest absolute Gasteiger partial charge is 0.265 e. The Hall–Kier alpha value is -1.22. The van der Waals surface area contributed by atoms with Gasteiger partial charge in [-0.05, 0) is 19.1 Å². The van der Waals surface area contributed by atoms with Crippen LogP contribution in [0.4, 0.5) is 0 Å². The molecule has 0 atom stereocenters. The molecule has 0 aliphatic carbocycles. The second kappa shape index (κ2) is 3.03. The molecule has 2 aromatic heterocycles. The minimum absolute atomic E-state index is 0.988. The van der Waals surface area contributed by atoms with E-state index in [-0.39, 0.29) is 0 Å². The smallest absolute Gasteiger partial charge is 0.123 e. The normalized spacial score (nSPS) is 10.1. The van der Waals surface area contributed by atoms with Crippen LogP contribution >= 0.6 is 11.3 Å². The molecule has 12 heavy (non-hydrogen) atoms. The molecule has 0 spiro atoms. The van der Waals surface area contributed by atoms with Crippen molar-refractivity contribution in [3.63, 3.8) is 0 Å². The van der Waals surface area contributed by atoms with E-state index in [0.717, 1.165) is 15.4 Å². The third-order valence-corrected chi connectivity index (χ3v) is 2.38. The highest BCUT2D eigenvalue weighted by molar-refractivity contribution is 7.15. The van der Waals surface area contributed by atoms with Crippen molar-refractivity contribution in [1.82, 2.24) is 9.97 Å². The van der Waals surface area contributed by atoms with Gasteiger partial charge in [0.2, 0.25) is 0 Å². The second-order valence-electron chi connectivity index (χ2n) is 2.37. The maximum atomic E-state index is 4.21. The second-order valence-corrected chi connectivity index (χ2v) is 3.48. The van der Waals surface area contributed by atoms with Crippen LogP contribution in [0.3, 0.4) is 0 Å². The first-order chi connectivity index (χ1) is 5.86. The van der Waals surface area contributed by atoms with E-state index in [0.29, 0.717) is 0 Å². The van der Waals surface area contributed by atoms with Gasteiger partial charge < -0.3 is 0 Å². The first-order valence-electron chi connectivity index (χ1n) is 3.54. The number of nitrogens with zero attached hydrogens (tertiary/aromatic N) is 2. The predicted molar refractivity (Wildman–Crippen MR) is 49.8 cm³/mol. The third-order valence-electron chi connectivity index (χ3n) is 1.48. The molecule has 0 aliphatic rings. The Kier molecular flexibility index (Phi) is 1.87. The number of hydrogen-bond acceptors (Lipinski definition) is 3. The molecule has 0 aliphatic heterocycles. The van der Waals surface area contributed by atoms with Crippen molar-refractivity contribution >= 4 is 11.3 Å². The molecule has 0 amide bonds. The summed E-state index contributed by atoms with van der Waals surface area (Å²) >= 11 is 1.59. The van der Waals surface area contributed by atoms with Gasteiger partial charge in [-0.25, -0.2) is 4.98 Å². The lowest BCUT2D eigenvalue weighted by Gasteiger charge is -1.91. The van der Waals surface area contributed by atoms with E-state index in [1.54, 1.807) is 29.9 Å². The van der Waals surface area contributed by atoms with Crippen molar-refractivity contribution < 1.29 is 0 Å². The summed E-state index contributed by atoms with van der Waals surface area (Å²) in [4.78, 5) is 9.14. The van der Waals surface area contributed by atoms with Gasteiger partial charge in [0.1, 0.15) is 5.01 Å². The molecule has 0 fully saturated rings. The SMILES string of the molecule is [CH2]c1cnc(-c2ccncc2)s1. The lowest BCUT2D eigenvalue weighted by molar-refractivity contribution is 1.32.